The molecule has 0 fully saturated rings. The molecule has 18 heavy (non-hydrogen) atoms. The van der Waals surface area contributed by atoms with Crippen LogP contribution in [0.1, 0.15) is 46.3 Å². The minimum absolute atomic E-state index is 0.249. The highest BCUT2D eigenvalue weighted by atomic mass is 19.1. The Kier molecular flexibility index (Phi) is 5.15. The molecule has 0 aliphatic heterocycles. The molecule has 3 heteroatoms. The number of aliphatic hydroxyl groups is 1. The zero-order chi connectivity index (χ0) is 13.9. The second-order valence-electron chi connectivity index (χ2n) is 5.53. The summed E-state index contributed by atoms with van der Waals surface area (Å²) in [6.45, 7) is 10.8. The first-order chi connectivity index (χ1) is 8.32. The number of anilines is 1. The molecule has 1 rings (SSSR count). The fraction of sp³-hybridized carbons (Fsp3) is 0.600. The molecule has 0 spiro atoms. The molecule has 0 aromatic heterocycles. The van der Waals surface area contributed by atoms with E-state index in [2.05, 4.69) is 32.6 Å². The Morgan fingerprint density at radius 2 is 1.78 bits per heavy atom. The first-order valence-corrected chi connectivity index (χ1v) is 6.57. The van der Waals surface area contributed by atoms with E-state index < -0.39 is 6.10 Å². The first-order valence-electron chi connectivity index (χ1n) is 6.57. The fourth-order valence-corrected chi connectivity index (χ4v) is 2.00. The lowest BCUT2D eigenvalue weighted by Gasteiger charge is -2.31. The van der Waals surface area contributed by atoms with E-state index in [4.69, 9.17) is 0 Å². The van der Waals surface area contributed by atoms with Gasteiger partial charge in [-0.2, -0.15) is 0 Å². The molecule has 0 heterocycles. The molecule has 1 N–H and O–H groups in total. The van der Waals surface area contributed by atoms with Crippen molar-refractivity contribution in [3.05, 3.63) is 29.6 Å². The number of halogens is 1. The van der Waals surface area contributed by atoms with E-state index in [0.717, 1.165) is 6.54 Å². The Balaban J connectivity index is 3.05. The van der Waals surface area contributed by atoms with Gasteiger partial charge in [0, 0.05) is 12.6 Å². The molecule has 1 atom stereocenters. The summed E-state index contributed by atoms with van der Waals surface area (Å²) in [7, 11) is 0. The van der Waals surface area contributed by atoms with Crippen molar-refractivity contribution in [2.75, 3.05) is 11.4 Å². The molecule has 0 bridgehead atoms. The summed E-state index contributed by atoms with van der Waals surface area (Å²) in [5.41, 5.74) is 1.23. The monoisotopic (exact) mass is 253 g/mol. The standard InChI is InChI=1S/C15H24FNO/c1-10(2)9-17(11(3)4)15-7-6-13(12(5)18)8-14(15)16/h6-8,10-12,18H,9H2,1-5H3/t12-/m1/s1. The van der Waals surface area contributed by atoms with Gasteiger partial charge in [0.2, 0.25) is 0 Å². The number of nitrogens with zero attached hydrogens (tertiary/aromatic N) is 1. The molecule has 1 aromatic rings. The van der Waals surface area contributed by atoms with Crippen molar-refractivity contribution in [3.8, 4) is 0 Å². The number of hydrogen-bond donors (Lipinski definition) is 1. The van der Waals surface area contributed by atoms with Crippen molar-refractivity contribution < 1.29 is 9.50 Å². The molecular weight excluding hydrogens is 229 g/mol. The van der Waals surface area contributed by atoms with Gasteiger partial charge in [-0.15, -0.1) is 0 Å². The molecule has 0 aliphatic rings. The van der Waals surface area contributed by atoms with E-state index in [9.17, 15) is 9.50 Å². The normalized spacial score (nSPS) is 13.2. The third kappa shape index (κ3) is 3.70. The highest BCUT2D eigenvalue weighted by Gasteiger charge is 2.17. The average Bonchev–Trinajstić information content (AvgIpc) is 2.25. The molecular formula is C15H24FNO. The summed E-state index contributed by atoms with van der Waals surface area (Å²) < 4.78 is 14.1. The van der Waals surface area contributed by atoms with Crippen LogP contribution in [-0.2, 0) is 0 Å². The molecule has 0 amide bonds. The zero-order valence-corrected chi connectivity index (χ0v) is 11.9. The van der Waals surface area contributed by atoms with Gasteiger partial charge in [0.25, 0.3) is 0 Å². The Hall–Kier alpha value is -1.09. The van der Waals surface area contributed by atoms with Crippen molar-refractivity contribution in [1.29, 1.82) is 0 Å². The summed E-state index contributed by atoms with van der Waals surface area (Å²) in [6.07, 6.45) is -0.633. The fourth-order valence-electron chi connectivity index (χ4n) is 2.00. The van der Waals surface area contributed by atoms with E-state index in [1.807, 2.05) is 0 Å². The van der Waals surface area contributed by atoms with Crippen LogP contribution >= 0.6 is 0 Å². The molecule has 0 radical (unpaired) electrons. The molecule has 1 aromatic carbocycles. The quantitative estimate of drug-likeness (QED) is 0.864. The van der Waals surface area contributed by atoms with Gasteiger partial charge < -0.3 is 10.0 Å². The van der Waals surface area contributed by atoms with Crippen LogP contribution in [0.25, 0.3) is 0 Å². The Morgan fingerprint density at radius 1 is 1.17 bits per heavy atom. The van der Waals surface area contributed by atoms with Crippen molar-refractivity contribution in [3.63, 3.8) is 0 Å². The molecule has 2 nitrogen and oxygen atoms in total. The van der Waals surface area contributed by atoms with Crippen molar-refractivity contribution in [2.24, 2.45) is 5.92 Å². The summed E-state index contributed by atoms with van der Waals surface area (Å²) in [5.74, 6) is 0.214. The van der Waals surface area contributed by atoms with Crippen molar-refractivity contribution in [2.45, 2.75) is 46.8 Å². The Labute approximate surface area is 109 Å². The molecule has 0 unspecified atom stereocenters. The van der Waals surface area contributed by atoms with Crippen LogP contribution in [0.5, 0.6) is 0 Å². The van der Waals surface area contributed by atoms with E-state index in [-0.39, 0.29) is 11.9 Å². The number of rotatable bonds is 5. The van der Waals surface area contributed by atoms with E-state index >= 15 is 0 Å². The third-order valence-electron chi connectivity index (χ3n) is 2.95. The number of benzene rings is 1. The van der Waals surface area contributed by atoms with Gasteiger partial charge in [0.1, 0.15) is 5.82 Å². The van der Waals surface area contributed by atoms with Gasteiger partial charge >= 0.3 is 0 Å². The number of aliphatic hydroxyl groups excluding tert-OH is 1. The van der Waals surface area contributed by atoms with Crippen LogP contribution in [0.3, 0.4) is 0 Å². The van der Waals surface area contributed by atoms with Gasteiger partial charge in [-0.1, -0.05) is 19.9 Å². The predicted octanol–water partition coefficient (Wildman–Crippen LogP) is 3.75. The molecule has 0 saturated heterocycles. The van der Waals surface area contributed by atoms with Gasteiger partial charge in [-0.05, 0) is 44.4 Å². The minimum atomic E-state index is -0.633. The SMILES string of the molecule is CC(C)CN(c1ccc([C@@H](C)O)cc1F)C(C)C. The summed E-state index contributed by atoms with van der Waals surface area (Å²) in [4.78, 5) is 2.06. The Morgan fingerprint density at radius 3 is 2.17 bits per heavy atom. The maximum atomic E-state index is 14.1. The summed E-state index contributed by atoms with van der Waals surface area (Å²) in [6, 6.07) is 5.23. The van der Waals surface area contributed by atoms with Gasteiger partial charge in [0.15, 0.2) is 0 Å². The van der Waals surface area contributed by atoms with E-state index in [1.165, 1.54) is 6.07 Å². The van der Waals surface area contributed by atoms with Gasteiger partial charge in [0.05, 0.1) is 11.8 Å². The van der Waals surface area contributed by atoms with Crippen LogP contribution < -0.4 is 4.90 Å². The van der Waals surface area contributed by atoms with Gasteiger partial charge in [-0.25, -0.2) is 4.39 Å². The topological polar surface area (TPSA) is 23.5 Å². The molecule has 102 valence electrons. The Bertz CT molecular complexity index is 388. The second kappa shape index (κ2) is 6.19. The van der Waals surface area contributed by atoms with Crippen molar-refractivity contribution in [1.82, 2.24) is 0 Å². The lowest BCUT2D eigenvalue weighted by molar-refractivity contribution is 0.199. The van der Waals surface area contributed by atoms with Crippen LogP contribution in [-0.4, -0.2) is 17.7 Å². The smallest absolute Gasteiger partial charge is 0.146 e. The van der Waals surface area contributed by atoms with Crippen LogP contribution in [0.15, 0.2) is 18.2 Å². The van der Waals surface area contributed by atoms with Crippen LogP contribution in [0.2, 0.25) is 0 Å². The van der Waals surface area contributed by atoms with Crippen LogP contribution in [0.4, 0.5) is 10.1 Å². The maximum Gasteiger partial charge on any atom is 0.146 e. The largest absolute Gasteiger partial charge is 0.389 e. The lowest BCUT2D eigenvalue weighted by atomic mass is 10.1. The minimum Gasteiger partial charge on any atom is -0.389 e. The second-order valence-corrected chi connectivity index (χ2v) is 5.53. The maximum absolute atomic E-state index is 14.1. The highest BCUT2D eigenvalue weighted by molar-refractivity contribution is 5.50. The lowest BCUT2D eigenvalue weighted by Crippen LogP contribution is -2.34. The zero-order valence-electron chi connectivity index (χ0n) is 11.9. The van der Waals surface area contributed by atoms with E-state index in [1.54, 1.807) is 19.1 Å². The molecule has 0 saturated carbocycles. The predicted molar refractivity (Wildman–Crippen MR) is 74.4 cm³/mol. The third-order valence-corrected chi connectivity index (χ3v) is 2.95. The summed E-state index contributed by atoms with van der Waals surface area (Å²) >= 11 is 0. The average molecular weight is 253 g/mol. The van der Waals surface area contributed by atoms with Crippen molar-refractivity contribution >= 4 is 5.69 Å². The van der Waals surface area contributed by atoms with E-state index in [0.29, 0.717) is 17.2 Å². The first kappa shape index (κ1) is 15.0. The van der Waals surface area contributed by atoms with Crippen LogP contribution in [0, 0.1) is 11.7 Å². The molecule has 0 aliphatic carbocycles. The highest BCUT2D eigenvalue weighted by Crippen LogP contribution is 2.25. The van der Waals surface area contributed by atoms with Gasteiger partial charge in [-0.3, -0.25) is 0 Å². The summed E-state index contributed by atoms with van der Waals surface area (Å²) in [5, 5.41) is 9.45. The number of hydrogen-bond acceptors (Lipinski definition) is 2.